The lowest BCUT2D eigenvalue weighted by atomic mass is 9.60. The smallest absolute Gasteiger partial charge is 0.308 e. The lowest BCUT2D eigenvalue weighted by molar-refractivity contribution is -0.188. The molecule has 0 saturated heterocycles. The van der Waals surface area contributed by atoms with Crippen molar-refractivity contribution < 1.29 is 24.5 Å². The molecule has 4 rings (SSSR count). The zero-order valence-corrected chi connectivity index (χ0v) is 18.6. The zero-order valence-electron chi connectivity index (χ0n) is 18.6. The standard InChI is InChI=1S/C24H34O5/c1-12(2)20(26)29-23-11-15(5)24(28)16(18(23)21(23,6)7)8-13(3)10-22(27)17(24)9-14(4)19(22)25/h8-9,12,15-18,27-28H,10-11H2,1-7H3. The number of ether oxygens (including phenoxy) is 1. The number of carbonyl (C=O) groups excluding carboxylic acids is 2. The summed E-state index contributed by atoms with van der Waals surface area (Å²) in [6.07, 6.45) is 4.57. The summed E-state index contributed by atoms with van der Waals surface area (Å²) in [5.41, 5.74) is -2.37. The number of carbonyl (C=O) groups is 2. The van der Waals surface area contributed by atoms with Gasteiger partial charge >= 0.3 is 5.97 Å². The second-order valence-corrected chi connectivity index (χ2v) is 11.0. The summed E-state index contributed by atoms with van der Waals surface area (Å²) >= 11 is 0. The van der Waals surface area contributed by atoms with Crippen LogP contribution in [0.2, 0.25) is 0 Å². The summed E-state index contributed by atoms with van der Waals surface area (Å²) in [7, 11) is 0. The third-order valence-corrected chi connectivity index (χ3v) is 8.53. The fraction of sp³-hybridized carbons (Fsp3) is 0.750. The van der Waals surface area contributed by atoms with Gasteiger partial charge in [-0.1, -0.05) is 52.3 Å². The van der Waals surface area contributed by atoms with Gasteiger partial charge in [0.25, 0.3) is 0 Å². The lowest BCUT2D eigenvalue weighted by Gasteiger charge is -2.50. The average molecular weight is 403 g/mol. The van der Waals surface area contributed by atoms with Crippen LogP contribution in [0.25, 0.3) is 0 Å². The van der Waals surface area contributed by atoms with Gasteiger partial charge < -0.3 is 14.9 Å². The number of hydrogen-bond acceptors (Lipinski definition) is 5. The SMILES string of the molecule is CC1=CC2C3C(C)(C)C3(OC(=O)C(C)C)CC(C)C2(O)C2C=C(C)C(=O)C2(O)C1. The number of hydrogen-bond donors (Lipinski definition) is 2. The molecule has 5 nitrogen and oxygen atoms in total. The monoisotopic (exact) mass is 402 g/mol. The Morgan fingerprint density at radius 3 is 2.41 bits per heavy atom. The highest BCUT2D eigenvalue weighted by atomic mass is 16.6. The Bertz CT molecular complexity index is 851. The first-order valence-electron chi connectivity index (χ1n) is 10.8. The molecule has 0 aromatic heterocycles. The fourth-order valence-corrected chi connectivity index (χ4v) is 6.92. The van der Waals surface area contributed by atoms with E-state index in [-0.39, 0.29) is 47.3 Å². The van der Waals surface area contributed by atoms with E-state index in [0.29, 0.717) is 12.0 Å². The topological polar surface area (TPSA) is 83.8 Å². The molecule has 0 amide bonds. The van der Waals surface area contributed by atoms with Crippen molar-refractivity contribution in [3.8, 4) is 0 Å². The van der Waals surface area contributed by atoms with Crippen LogP contribution in [-0.2, 0) is 14.3 Å². The highest BCUT2D eigenvalue weighted by Gasteiger charge is 2.83. The predicted molar refractivity (Wildman–Crippen MR) is 109 cm³/mol. The molecule has 7 unspecified atom stereocenters. The Kier molecular flexibility index (Phi) is 4.17. The number of Topliss-reactive ketones (excluding diaryl/α,β-unsaturated/α-hetero) is 1. The predicted octanol–water partition coefficient (Wildman–Crippen LogP) is 3.19. The summed E-state index contributed by atoms with van der Waals surface area (Å²) < 4.78 is 6.12. The van der Waals surface area contributed by atoms with E-state index in [4.69, 9.17) is 4.74 Å². The molecule has 2 fully saturated rings. The summed E-state index contributed by atoms with van der Waals surface area (Å²) in [5, 5.41) is 23.6. The van der Waals surface area contributed by atoms with Gasteiger partial charge in [-0.05, 0) is 31.8 Å². The minimum atomic E-state index is -1.60. The van der Waals surface area contributed by atoms with Crippen molar-refractivity contribution in [1.82, 2.24) is 0 Å². The van der Waals surface area contributed by atoms with E-state index in [0.717, 1.165) is 5.57 Å². The van der Waals surface area contributed by atoms with Crippen LogP contribution in [0.5, 0.6) is 0 Å². The normalized spacial score (nSPS) is 47.4. The third kappa shape index (κ3) is 2.35. The van der Waals surface area contributed by atoms with Crippen LogP contribution in [0, 0.1) is 35.0 Å². The van der Waals surface area contributed by atoms with Crippen molar-refractivity contribution in [3.05, 3.63) is 23.3 Å². The van der Waals surface area contributed by atoms with Crippen LogP contribution in [0.1, 0.15) is 61.3 Å². The molecule has 5 heteroatoms. The minimum absolute atomic E-state index is 0.0550. The van der Waals surface area contributed by atoms with Gasteiger partial charge in [0.05, 0.1) is 11.5 Å². The molecule has 160 valence electrons. The Morgan fingerprint density at radius 1 is 1.21 bits per heavy atom. The van der Waals surface area contributed by atoms with Gasteiger partial charge in [0.1, 0.15) is 11.2 Å². The Balaban J connectivity index is 1.84. The van der Waals surface area contributed by atoms with Gasteiger partial charge in [-0.2, -0.15) is 0 Å². The van der Waals surface area contributed by atoms with E-state index in [9.17, 15) is 19.8 Å². The number of ketones is 1. The molecule has 2 saturated carbocycles. The number of rotatable bonds is 2. The Labute approximate surface area is 173 Å². The van der Waals surface area contributed by atoms with Crippen LogP contribution in [0.4, 0.5) is 0 Å². The maximum Gasteiger partial charge on any atom is 0.308 e. The average Bonchev–Trinajstić information content (AvgIpc) is 3.00. The Morgan fingerprint density at radius 2 is 1.83 bits per heavy atom. The van der Waals surface area contributed by atoms with Gasteiger partial charge in [0.2, 0.25) is 0 Å². The van der Waals surface area contributed by atoms with Crippen LogP contribution in [0.15, 0.2) is 23.3 Å². The minimum Gasteiger partial charge on any atom is -0.458 e. The summed E-state index contributed by atoms with van der Waals surface area (Å²) in [6.45, 7) is 13.5. The van der Waals surface area contributed by atoms with Crippen molar-refractivity contribution in [2.45, 2.75) is 78.1 Å². The first-order valence-corrected chi connectivity index (χ1v) is 10.8. The zero-order chi connectivity index (χ0) is 21.7. The van der Waals surface area contributed by atoms with Gasteiger partial charge in [-0.25, -0.2) is 0 Å². The second-order valence-electron chi connectivity index (χ2n) is 11.0. The molecular formula is C24H34O5. The van der Waals surface area contributed by atoms with Crippen LogP contribution < -0.4 is 0 Å². The van der Waals surface area contributed by atoms with Crippen LogP contribution in [-0.4, -0.2) is 38.8 Å². The van der Waals surface area contributed by atoms with Gasteiger partial charge in [-0.15, -0.1) is 0 Å². The molecule has 0 radical (unpaired) electrons. The summed E-state index contributed by atoms with van der Waals surface area (Å²) in [6, 6.07) is 0. The summed E-state index contributed by atoms with van der Waals surface area (Å²) in [4.78, 5) is 25.4. The van der Waals surface area contributed by atoms with Crippen molar-refractivity contribution >= 4 is 11.8 Å². The largest absolute Gasteiger partial charge is 0.458 e. The quantitative estimate of drug-likeness (QED) is 0.547. The van der Waals surface area contributed by atoms with E-state index in [1.54, 1.807) is 13.0 Å². The van der Waals surface area contributed by atoms with Gasteiger partial charge in [0, 0.05) is 29.6 Å². The number of fused-ring (bicyclic) bond motifs is 5. The molecule has 0 aliphatic heterocycles. The Hall–Kier alpha value is -1.46. The maximum atomic E-state index is 12.9. The molecule has 0 heterocycles. The van der Waals surface area contributed by atoms with E-state index in [1.165, 1.54) is 0 Å². The highest BCUT2D eigenvalue weighted by molar-refractivity contribution is 6.04. The molecule has 0 bridgehead atoms. The molecule has 0 aromatic carbocycles. The molecule has 2 N–H and O–H groups in total. The third-order valence-electron chi connectivity index (χ3n) is 8.53. The first kappa shape index (κ1) is 20.8. The molecule has 0 spiro atoms. The molecule has 7 atom stereocenters. The van der Waals surface area contributed by atoms with Crippen molar-refractivity contribution in [2.75, 3.05) is 0 Å². The van der Waals surface area contributed by atoms with E-state index in [2.05, 4.69) is 13.8 Å². The molecular weight excluding hydrogens is 368 g/mol. The summed E-state index contributed by atoms with van der Waals surface area (Å²) in [5.74, 6) is -1.97. The van der Waals surface area contributed by atoms with E-state index < -0.39 is 22.7 Å². The molecule has 4 aliphatic carbocycles. The molecule has 29 heavy (non-hydrogen) atoms. The van der Waals surface area contributed by atoms with E-state index >= 15 is 0 Å². The van der Waals surface area contributed by atoms with Crippen molar-refractivity contribution in [2.24, 2.45) is 35.0 Å². The highest BCUT2D eigenvalue weighted by Crippen LogP contribution is 2.76. The van der Waals surface area contributed by atoms with Crippen molar-refractivity contribution in [3.63, 3.8) is 0 Å². The van der Waals surface area contributed by atoms with Gasteiger partial charge in [0.15, 0.2) is 5.78 Å². The number of aliphatic hydroxyl groups is 2. The molecule has 0 aromatic rings. The van der Waals surface area contributed by atoms with Gasteiger partial charge in [-0.3, -0.25) is 9.59 Å². The molecule has 4 aliphatic rings. The number of esters is 1. The lowest BCUT2D eigenvalue weighted by Crippen LogP contribution is -2.61. The fourth-order valence-electron chi connectivity index (χ4n) is 6.92. The van der Waals surface area contributed by atoms with Crippen LogP contribution >= 0.6 is 0 Å². The first-order chi connectivity index (χ1) is 13.2. The maximum absolute atomic E-state index is 12.9. The van der Waals surface area contributed by atoms with E-state index in [1.807, 2.05) is 33.8 Å². The van der Waals surface area contributed by atoms with Crippen LogP contribution in [0.3, 0.4) is 0 Å². The van der Waals surface area contributed by atoms with Crippen molar-refractivity contribution in [1.29, 1.82) is 0 Å². The second kappa shape index (κ2) is 5.82.